The molecule has 0 saturated heterocycles. The number of aryl methyl sites for hydroxylation is 1. The van der Waals surface area contributed by atoms with Gasteiger partial charge in [-0.15, -0.1) is 0 Å². The van der Waals surface area contributed by atoms with Crippen LogP contribution in [0.2, 0.25) is 0 Å². The van der Waals surface area contributed by atoms with Crippen molar-refractivity contribution in [2.24, 2.45) is 0 Å². The number of anilines is 1. The quantitative estimate of drug-likeness (QED) is 0.805. The Hall–Kier alpha value is -2.81. The van der Waals surface area contributed by atoms with E-state index < -0.39 is 0 Å². The van der Waals surface area contributed by atoms with Crippen LogP contribution in [0.5, 0.6) is 0 Å². The van der Waals surface area contributed by atoms with Crippen LogP contribution < -0.4 is 10.6 Å². The van der Waals surface area contributed by atoms with E-state index in [2.05, 4.69) is 32.7 Å². The summed E-state index contributed by atoms with van der Waals surface area (Å²) in [5, 5.41) is 16.4. The Balaban J connectivity index is 1.60. The van der Waals surface area contributed by atoms with Gasteiger partial charge in [-0.25, -0.2) is 9.97 Å². The predicted octanol–water partition coefficient (Wildman–Crippen LogP) is 3.90. The molecule has 0 amide bonds. The van der Waals surface area contributed by atoms with Crippen LogP contribution in [0.3, 0.4) is 0 Å². The molecule has 6 heteroatoms. The Kier molecular flexibility index (Phi) is 4.61. The maximum atomic E-state index is 9.73. The molecular formula is C20H23N5O. The third-order valence-corrected chi connectivity index (χ3v) is 4.99. The molecule has 0 aromatic carbocycles. The molecule has 2 heterocycles. The molecule has 4 rings (SSSR count). The molecule has 0 unspecified atom stereocenters. The number of nitriles is 1. The zero-order valence-electron chi connectivity index (χ0n) is 15.0. The lowest BCUT2D eigenvalue weighted by molar-refractivity contribution is 0.331. The number of ether oxygens (including phenoxy) is 1. The Morgan fingerprint density at radius 3 is 2.92 bits per heavy atom. The second kappa shape index (κ2) is 7.20. The summed E-state index contributed by atoms with van der Waals surface area (Å²) < 4.78 is 5.86. The van der Waals surface area contributed by atoms with Gasteiger partial charge in [0.05, 0.1) is 11.4 Å². The first-order chi connectivity index (χ1) is 12.7. The van der Waals surface area contributed by atoms with Crippen molar-refractivity contribution in [3.05, 3.63) is 46.9 Å². The fourth-order valence-electron chi connectivity index (χ4n) is 3.66. The summed E-state index contributed by atoms with van der Waals surface area (Å²) in [5.41, 5.74) is 2.86. The number of nitrogens with zero attached hydrogens (tertiary/aromatic N) is 3. The first kappa shape index (κ1) is 16.6. The summed E-state index contributed by atoms with van der Waals surface area (Å²) in [7, 11) is 0. The smallest absolute Gasteiger partial charge is 0.223 e. The van der Waals surface area contributed by atoms with Crippen molar-refractivity contribution in [2.75, 3.05) is 5.32 Å². The number of hydrogen-bond donors (Lipinski definition) is 2. The molecular weight excluding hydrogens is 326 g/mol. The third kappa shape index (κ3) is 3.43. The Labute approximate surface area is 153 Å². The van der Waals surface area contributed by atoms with E-state index in [1.54, 1.807) is 0 Å². The van der Waals surface area contributed by atoms with Crippen molar-refractivity contribution >= 4 is 11.5 Å². The Bertz CT molecular complexity index is 840. The molecule has 1 aromatic heterocycles. The van der Waals surface area contributed by atoms with Crippen LogP contribution in [0, 0.1) is 18.3 Å². The lowest BCUT2D eigenvalue weighted by atomic mass is 9.96. The van der Waals surface area contributed by atoms with Gasteiger partial charge in [-0.1, -0.05) is 25.3 Å². The van der Waals surface area contributed by atoms with Gasteiger partial charge in [0, 0.05) is 11.7 Å². The maximum absolute atomic E-state index is 9.73. The van der Waals surface area contributed by atoms with E-state index in [1.165, 1.54) is 19.3 Å². The van der Waals surface area contributed by atoms with E-state index in [1.807, 2.05) is 19.1 Å². The van der Waals surface area contributed by atoms with Crippen LogP contribution in [0.1, 0.15) is 56.3 Å². The summed E-state index contributed by atoms with van der Waals surface area (Å²) in [6.45, 7) is 1.92. The molecule has 2 aliphatic carbocycles. The molecule has 6 nitrogen and oxygen atoms in total. The van der Waals surface area contributed by atoms with Gasteiger partial charge < -0.3 is 15.4 Å². The van der Waals surface area contributed by atoms with Gasteiger partial charge in [0.1, 0.15) is 17.4 Å². The van der Waals surface area contributed by atoms with Crippen molar-refractivity contribution in [1.29, 1.82) is 5.26 Å². The Morgan fingerprint density at radius 1 is 1.31 bits per heavy atom. The van der Waals surface area contributed by atoms with Crippen molar-refractivity contribution in [2.45, 2.75) is 57.9 Å². The summed E-state index contributed by atoms with van der Waals surface area (Å²) in [6.07, 6.45) is 12.0. The number of rotatable bonds is 3. The number of nitrogens with one attached hydrogen (secondary N) is 2. The summed E-state index contributed by atoms with van der Waals surface area (Å²) >= 11 is 0. The molecule has 0 bridgehead atoms. The lowest BCUT2D eigenvalue weighted by Gasteiger charge is -2.23. The van der Waals surface area contributed by atoms with Crippen LogP contribution in [0.25, 0.3) is 5.57 Å². The van der Waals surface area contributed by atoms with Crippen molar-refractivity contribution in [1.82, 2.24) is 15.3 Å². The largest absolute Gasteiger partial charge is 0.438 e. The van der Waals surface area contributed by atoms with Gasteiger partial charge in [0.25, 0.3) is 0 Å². The Morgan fingerprint density at radius 2 is 2.15 bits per heavy atom. The highest BCUT2D eigenvalue weighted by Crippen LogP contribution is 2.30. The molecule has 26 heavy (non-hydrogen) atoms. The monoisotopic (exact) mass is 349 g/mol. The standard InChI is InChI=1S/C20H23N5O/c1-13-11-17(25-20(22-13)23-14-7-3-2-4-8-14)15(12-21)19-24-16-9-5-6-10-18(16)26-19/h6,10-11,14,24H,2-5,7-9H2,1H3,(H,22,23,25)/b19-15-. The van der Waals surface area contributed by atoms with E-state index >= 15 is 0 Å². The maximum Gasteiger partial charge on any atom is 0.223 e. The highest BCUT2D eigenvalue weighted by molar-refractivity contribution is 5.77. The molecule has 1 saturated carbocycles. The molecule has 1 aliphatic heterocycles. The highest BCUT2D eigenvalue weighted by Gasteiger charge is 2.25. The van der Waals surface area contributed by atoms with Crippen LogP contribution >= 0.6 is 0 Å². The minimum atomic E-state index is 0.407. The van der Waals surface area contributed by atoms with Crippen LogP contribution in [0.4, 0.5) is 5.95 Å². The SMILES string of the molecule is Cc1cc(/C(C#N)=C2/NC3=C(C=CCC3)O2)nc(NC2CCCCC2)n1. The van der Waals surface area contributed by atoms with Gasteiger partial charge in [-0.2, -0.15) is 5.26 Å². The second-order valence-corrected chi connectivity index (χ2v) is 7.02. The topological polar surface area (TPSA) is 82.9 Å². The van der Waals surface area contributed by atoms with Crippen LogP contribution in [0.15, 0.2) is 35.6 Å². The average Bonchev–Trinajstić information content (AvgIpc) is 3.06. The number of aromatic nitrogens is 2. The molecule has 0 atom stereocenters. The molecule has 1 aromatic rings. The molecule has 0 radical (unpaired) electrons. The van der Waals surface area contributed by atoms with Gasteiger partial charge in [-0.05, 0) is 44.7 Å². The van der Waals surface area contributed by atoms with E-state index in [4.69, 9.17) is 4.74 Å². The normalized spacial score (nSPS) is 21.5. The lowest BCUT2D eigenvalue weighted by Crippen LogP contribution is -2.24. The van der Waals surface area contributed by atoms with Crippen molar-refractivity contribution in [3.8, 4) is 6.07 Å². The van der Waals surface area contributed by atoms with Gasteiger partial charge in [0.15, 0.2) is 0 Å². The van der Waals surface area contributed by atoms with Crippen LogP contribution in [-0.2, 0) is 4.74 Å². The molecule has 1 fully saturated rings. The summed E-state index contributed by atoms with van der Waals surface area (Å²) in [4.78, 5) is 9.11. The molecule has 0 spiro atoms. The third-order valence-electron chi connectivity index (χ3n) is 4.99. The van der Waals surface area contributed by atoms with Gasteiger partial charge >= 0.3 is 0 Å². The molecule has 3 aliphatic rings. The summed E-state index contributed by atoms with van der Waals surface area (Å²) in [6, 6.07) is 4.49. The van der Waals surface area contributed by atoms with E-state index in [-0.39, 0.29) is 0 Å². The van der Waals surface area contributed by atoms with E-state index in [0.29, 0.717) is 29.1 Å². The zero-order chi connectivity index (χ0) is 17.9. The molecule has 134 valence electrons. The predicted molar refractivity (Wildman–Crippen MR) is 99.4 cm³/mol. The van der Waals surface area contributed by atoms with Crippen molar-refractivity contribution in [3.63, 3.8) is 0 Å². The zero-order valence-corrected chi connectivity index (χ0v) is 15.0. The second-order valence-electron chi connectivity index (χ2n) is 7.02. The molecule has 2 N–H and O–H groups in total. The fourth-order valence-corrected chi connectivity index (χ4v) is 3.66. The van der Waals surface area contributed by atoms with Gasteiger partial charge in [-0.3, -0.25) is 0 Å². The van der Waals surface area contributed by atoms with Gasteiger partial charge in [0.2, 0.25) is 11.8 Å². The number of hydrogen-bond acceptors (Lipinski definition) is 6. The number of allylic oxidation sites excluding steroid dienone is 4. The van der Waals surface area contributed by atoms with E-state index in [9.17, 15) is 5.26 Å². The van der Waals surface area contributed by atoms with Crippen molar-refractivity contribution < 1.29 is 4.74 Å². The van der Waals surface area contributed by atoms with E-state index in [0.717, 1.165) is 42.8 Å². The average molecular weight is 349 g/mol. The first-order valence-corrected chi connectivity index (χ1v) is 9.34. The minimum Gasteiger partial charge on any atom is -0.438 e. The fraction of sp³-hybridized carbons (Fsp3) is 0.450. The highest BCUT2D eigenvalue weighted by atomic mass is 16.5. The first-order valence-electron chi connectivity index (χ1n) is 9.34. The minimum absolute atomic E-state index is 0.407. The van der Waals surface area contributed by atoms with Crippen LogP contribution in [-0.4, -0.2) is 16.0 Å². The summed E-state index contributed by atoms with van der Waals surface area (Å²) in [5.74, 6) is 1.85.